The normalized spacial score (nSPS) is 15.7. The van der Waals surface area contributed by atoms with Crippen molar-refractivity contribution in [3.8, 4) is 5.88 Å². The Bertz CT molecular complexity index is 508. The van der Waals surface area contributed by atoms with Crippen molar-refractivity contribution in [2.45, 2.75) is 31.8 Å². The quantitative estimate of drug-likeness (QED) is 0.691. The van der Waals surface area contributed by atoms with Crippen LogP contribution in [-0.4, -0.2) is 60.5 Å². The van der Waals surface area contributed by atoms with Gasteiger partial charge in [0.2, 0.25) is 5.88 Å². The summed E-state index contributed by atoms with van der Waals surface area (Å²) in [7, 11) is 4.05. The monoisotopic (exact) mass is 317 g/mol. The van der Waals surface area contributed by atoms with Crippen LogP contribution in [0.15, 0.2) is 31.0 Å². The third-order valence-corrected chi connectivity index (χ3v) is 3.93. The molecule has 1 aromatic rings. The van der Waals surface area contributed by atoms with Gasteiger partial charge in [-0.25, -0.2) is 4.98 Å². The molecule has 1 amide bonds. The van der Waals surface area contributed by atoms with Crippen molar-refractivity contribution in [2.75, 3.05) is 33.7 Å². The SMILES string of the molecule is C=CCC[C@H](CN(C)C)Oc1ccc(C(=O)N2CCCC2)cn1. The van der Waals surface area contributed by atoms with E-state index in [2.05, 4.69) is 16.5 Å². The predicted octanol–water partition coefficient (Wildman–Crippen LogP) is 2.59. The van der Waals surface area contributed by atoms with Gasteiger partial charge >= 0.3 is 0 Å². The number of nitrogens with zero attached hydrogens (tertiary/aromatic N) is 3. The lowest BCUT2D eigenvalue weighted by molar-refractivity contribution is 0.0792. The maximum absolute atomic E-state index is 12.3. The maximum Gasteiger partial charge on any atom is 0.255 e. The summed E-state index contributed by atoms with van der Waals surface area (Å²) in [5, 5.41) is 0. The van der Waals surface area contributed by atoms with Crippen molar-refractivity contribution in [1.29, 1.82) is 0 Å². The van der Waals surface area contributed by atoms with Crippen LogP contribution in [0, 0.1) is 0 Å². The van der Waals surface area contributed by atoms with Crippen LogP contribution in [0.4, 0.5) is 0 Å². The van der Waals surface area contributed by atoms with Crippen LogP contribution in [0.5, 0.6) is 5.88 Å². The van der Waals surface area contributed by atoms with Gasteiger partial charge in [-0.1, -0.05) is 6.08 Å². The topological polar surface area (TPSA) is 45.7 Å². The lowest BCUT2D eigenvalue weighted by Gasteiger charge is -2.21. The van der Waals surface area contributed by atoms with E-state index >= 15 is 0 Å². The van der Waals surface area contributed by atoms with Gasteiger partial charge in [0.1, 0.15) is 6.10 Å². The van der Waals surface area contributed by atoms with E-state index in [1.54, 1.807) is 12.3 Å². The zero-order valence-corrected chi connectivity index (χ0v) is 14.2. The molecule has 0 unspecified atom stereocenters. The molecule has 0 bridgehead atoms. The van der Waals surface area contributed by atoms with Gasteiger partial charge in [0, 0.05) is 31.9 Å². The van der Waals surface area contributed by atoms with Crippen LogP contribution in [0.3, 0.4) is 0 Å². The number of carbonyl (C=O) groups excluding carboxylic acids is 1. The highest BCUT2D eigenvalue weighted by Gasteiger charge is 2.20. The average molecular weight is 317 g/mol. The van der Waals surface area contributed by atoms with E-state index in [1.807, 2.05) is 31.1 Å². The van der Waals surface area contributed by atoms with Crippen LogP contribution >= 0.6 is 0 Å². The molecule has 1 aliphatic rings. The van der Waals surface area contributed by atoms with E-state index in [4.69, 9.17) is 4.74 Å². The Morgan fingerprint density at radius 3 is 2.74 bits per heavy atom. The Morgan fingerprint density at radius 1 is 1.43 bits per heavy atom. The minimum absolute atomic E-state index is 0.0654. The lowest BCUT2D eigenvalue weighted by Crippen LogP contribution is -2.31. The second-order valence-corrected chi connectivity index (χ2v) is 6.25. The van der Waals surface area contributed by atoms with E-state index in [0.717, 1.165) is 45.3 Å². The number of amides is 1. The van der Waals surface area contributed by atoms with Crippen molar-refractivity contribution in [1.82, 2.24) is 14.8 Å². The molecule has 0 spiro atoms. The van der Waals surface area contributed by atoms with E-state index in [0.29, 0.717) is 11.4 Å². The van der Waals surface area contributed by atoms with Crippen LogP contribution in [0.1, 0.15) is 36.0 Å². The summed E-state index contributed by atoms with van der Waals surface area (Å²) < 4.78 is 5.96. The average Bonchev–Trinajstić information content (AvgIpc) is 3.06. The highest BCUT2D eigenvalue weighted by Crippen LogP contribution is 2.16. The molecule has 0 aromatic carbocycles. The number of likely N-dealkylation sites (tertiary alicyclic amines) is 1. The van der Waals surface area contributed by atoms with Crippen molar-refractivity contribution >= 4 is 5.91 Å². The molecule has 2 heterocycles. The molecule has 0 N–H and O–H groups in total. The fourth-order valence-electron chi connectivity index (χ4n) is 2.75. The van der Waals surface area contributed by atoms with E-state index < -0.39 is 0 Å². The number of hydrogen-bond donors (Lipinski definition) is 0. The molecule has 1 saturated heterocycles. The molecule has 0 radical (unpaired) electrons. The number of hydrogen-bond acceptors (Lipinski definition) is 4. The van der Waals surface area contributed by atoms with Crippen molar-refractivity contribution in [3.63, 3.8) is 0 Å². The van der Waals surface area contributed by atoms with Crippen LogP contribution < -0.4 is 4.74 Å². The number of allylic oxidation sites excluding steroid dienone is 1. The van der Waals surface area contributed by atoms with Crippen LogP contribution in [0.2, 0.25) is 0 Å². The molecule has 1 aromatic heterocycles. The van der Waals surface area contributed by atoms with Crippen molar-refractivity contribution in [3.05, 3.63) is 36.5 Å². The molecule has 23 heavy (non-hydrogen) atoms. The van der Waals surface area contributed by atoms with Crippen molar-refractivity contribution in [2.24, 2.45) is 0 Å². The molecule has 1 fully saturated rings. The first kappa shape index (κ1) is 17.5. The summed E-state index contributed by atoms with van der Waals surface area (Å²) in [5.41, 5.74) is 0.634. The number of rotatable bonds is 8. The van der Waals surface area contributed by atoms with Gasteiger partial charge < -0.3 is 14.5 Å². The van der Waals surface area contributed by atoms with E-state index in [-0.39, 0.29) is 12.0 Å². The first-order valence-electron chi connectivity index (χ1n) is 8.27. The molecule has 5 heteroatoms. The first-order valence-corrected chi connectivity index (χ1v) is 8.27. The van der Waals surface area contributed by atoms with Crippen LogP contribution in [0.25, 0.3) is 0 Å². The molecule has 0 aliphatic carbocycles. The number of carbonyl (C=O) groups is 1. The standard InChI is InChI=1S/C18H27N3O2/c1-4-5-8-16(14-20(2)3)23-17-10-9-15(13-19-17)18(22)21-11-6-7-12-21/h4,9-10,13,16H,1,5-8,11-12,14H2,2-3H3/t16-/m1/s1. The Kier molecular flexibility index (Phi) is 6.59. The zero-order valence-electron chi connectivity index (χ0n) is 14.2. The highest BCUT2D eigenvalue weighted by atomic mass is 16.5. The summed E-state index contributed by atoms with van der Waals surface area (Å²) >= 11 is 0. The summed E-state index contributed by atoms with van der Waals surface area (Å²) in [5.74, 6) is 0.636. The maximum atomic E-state index is 12.3. The lowest BCUT2D eigenvalue weighted by atomic mass is 10.2. The zero-order chi connectivity index (χ0) is 16.7. The molecular formula is C18H27N3O2. The Labute approximate surface area is 138 Å². The first-order chi connectivity index (χ1) is 11.1. The van der Waals surface area contributed by atoms with E-state index in [9.17, 15) is 4.79 Å². The molecule has 0 saturated carbocycles. The van der Waals surface area contributed by atoms with Gasteiger partial charge in [-0.3, -0.25) is 4.79 Å². The molecule has 2 rings (SSSR count). The minimum Gasteiger partial charge on any atom is -0.473 e. The second kappa shape index (κ2) is 8.67. The largest absolute Gasteiger partial charge is 0.473 e. The Morgan fingerprint density at radius 2 is 2.17 bits per heavy atom. The minimum atomic E-state index is 0.0654. The van der Waals surface area contributed by atoms with Crippen molar-refractivity contribution < 1.29 is 9.53 Å². The molecular weight excluding hydrogens is 290 g/mol. The van der Waals surface area contributed by atoms with Crippen LogP contribution in [-0.2, 0) is 0 Å². The smallest absolute Gasteiger partial charge is 0.255 e. The molecule has 1 aliphatic heterocycles. The number of aromatic nitrogens is 1. The third kappa shape index (κ3) is 5.36. The molecule has 126 valence electrons. The summed E-state index contributed by atoms with van der Waals surface area (Å²) in [6, 6.07) is 3.60. The number of likely N-dealkylation sites (N-methyl/N-ethyl adjacent to an activating group) is 1. The third-order valence-electron chi connectivity index (χ3n) is 3.93. The predicted molar refractivity (Wildman–Crippen MR) is 91.8 cm³/mol. The van der Waals surface area contributed by atoms with Gasteiger partial charge in [0.05, 0.1) is 5.56 Å². The summed E-state index contributed by atoms with van der Waals surface area (Å²) in [6.07, 6.45) is 7.58. The Balaban J connectivity index is 1.96. The summed E-state index contributed by atoms with van der Waals surface area (Å²) in [4.78, 5) is 20.6. The van der Waals surface area contributed by atoms with Gasteiger partial charge in [0.15, 0.2) is 0 Å². The summed E-state index contributed by atoms with van der Waals surface area (Å²) in [6.45, 7) is 6.29. The molecule has 5 nitrogen and oxygen atoms in total. The van der Waals surface area contributed by atoms with Gasteiger partial charge in [-0.15, -0.1) is 6.58 Å². The van der Waals surface area contributed by atoms with Gasteiger partial charge in [0.25, 0.3) is 5.91 Å². The highest BCUT2D eigenvalue weighted by molar-refractivity contribution is 5.94. The molecule has 1 atom stereocenters. The fourth-order valence-corrected chi connectivity index (χ4v) is 2.75. The second-order valence-electron chi connectivity index (χ2n) is 6.25. The van der Waals surface area contributed by atoms with Gasteiger partial charge in [-0.05, 0) is 45.8 Å². The number of ether oxygens (including phenoxy) is 1. The Hall–Kier alpha value is -1.88. The van der Waals surface area contributed by atoms with Gasteiger partial charge in [-0.2, -0.15) is 0 Å². The number of pyridine rings is 1. The fraction of sp³-hybridized carbons (Fsp3) is 0.556. The van der Waals surface area contributed by atoms with E-state index in [1.165, 1.54) is 0 Å².